The number of fused-ring (bicyclic) bond motifs is 5. The van der Waals surface area contributed by atoms with Crippen molar-refractivity contribution >= 4 is 29.7 Å². The van der Waals surface area contributed by atoms with Gasteiger partial charge < -0.3 is 39.0 Å². The predicted molar refractivity (Wildman–Crippen MR) is 185 cm³/mol. The molecule has 0 spiro atoms. The molecule has 0 radical (unpaired) electrons. The minimum absolute atomic E-state index is 0.0722. The monoisotopic (exact) mass is 734 g/mol. The third kappa shape index (κ3) is 6.17. The van der Waals surface area contributed by atoms with Crippen molar-refractivity contribution in [1.29, 1.82) is 0 Å². The second kappa shape index (κ2) is 13.8. The van der Waals surface area contributed by atoms with Gasteiger partial charge in [-0.2, -0.15) is 0 Å². The Kier molecular flexibility index (Phi) is 9.95. The molecule has 0 aromatic heterocycles. The number of benzene rings is 2. The Morgan fingerprint density at radius 1 is 0.925 bits per heavy atom. The number of hydrogen-bond donors (Lipinski definition) is 3. The number of carbonyl (C=O) groups is 5. The third-order valence-corrected chi connectivity index (χ3v) is 12.0. The summed E-state index contributed by atoms with van der Waals surface area (Å²) in [5.41, 5.74) is -6.44. The highest BCUT2D eigenvalue weighted by Crippen LogP contribution is 2.64. The van der Waals surface area contributed by atoms with Crippen molar-refractivity contribution in [2.75, 3.05) is 6.61 Å². The van der Waals surface area contributed by atoms with E-state index in [4.69, 9.17) is 23.7 Å². The molecule has 13 heteroatoms. The Bertz CT molecular complexity index is 1820. The topological polar surface area (TPSA) is 192 Å². The first kappa shape index (κ1) is 38.3. The van der Waals surface area contributed by atoms with Crippen LogP contribution in [0.5, 0.6) is 0 Å². The molecule has 1 saturated heterocycles. The average molecular weight is 735 g/mol. The Morgan fingerprint density at radius 3 is 2.11 bits per heavy atom. The molecular formula is C40H46O13. The van der Waals surface area contributed by atoms with Crippen molar-refractivity contribution in [1.82, 2.24) is 0 Å². The standard InChI is InChI=1S/C40H46O13/c1-21-27(51-36(47)26(43)17-24-13-9-7-10-14-24)19-40(48)34(52-35(46)25-15-11-8-12-16-25)32-38(6,28(44)18-29-39(32,20-49-29)53-23(3)42)33(45)31(50-22(2)41)30(21)37(40,4)5/h7-16,26-29,31-32,34,43-44,48H,17-20H2,1-6H3/t26-,27+,28+,29-,31-,32?,34+,38-,39+,40-/m1/s1. The number of ether oxygens (including phenoxy) is 5. The van der Waals surface area contributed by atoms with Gasteiger partial charge in [-0.1, -0.05) is 62.4 Å². The summed E-state index contributed by atoms with van der Waals surface area (Å²) in [6.07, 6.45) is -9.58. The number of aliphatic hydroxyl groups excluding tert-OH is 2. The smallest absolute Gasteiger partial charge is 0.338 e. The van der Waals surface area contributed by atoms with Crippen LogP contribution < -0.4 is 0 Å². The molecule has 4 aliphatic rings. The Morgan fingerprint density at radius 2 is 1.55 bits per heavy atom. The van der Waals surface area contributed by atoms with E-state index in [0.29, 0.717) is 5.56 Å². The SMILES string of the molecule is CC(=O)O[C@H]1C(=O)[C@@]2(C)C([C@H](OC(=O)c3ccccc3)[C@]3(O)C[C@H](OC(=O)[C@H](O)Cc4ccccc4)C(C)=C1C3(C)C)[C@]1(OC(C)=O)CO[C@@H]1C[C@@H]2O. The number of hydrogen-bond acceptors (Lipinski definition) is 13. The fraction of sp³-hybridized carbons (Fsp3) is 0.525. The Balaban J connectivity index is 1.57. The molecule has 2 bridgehead atoms. The van der Waals surface area contributed by atoms with Gasteiger partial charge in [0.2, 0.25) is 0 Å². The minimum Gasteiger partial charge on any atom is -0.456 e. The van der Waals surface area contributed by atoms with Crippen LogP contribution in [0, 0.1) is 16.7 Å². The molecule has 3 N–H and O–H groups in total. The molecule has 10 atom stereocenters. The zero-order valence-corrected chi connectivity index (χ0v) is 30.6. The second-order valence-corrected chi connectivity index (χ2v) is 15.4. The second-order valence-electron chi connectivity index (χ2n) is 15.4. The van der Waals surface area contributed by atoms with Gasteiger partial charge in [0, 0.05) is 38.5 Å². The molecule has 2 aromatic rings. The molecule has 1 unspecified atom stereocenters. The van der Waals surface area contributed by atoms with E-state index in [0.717, 1.165) is 6.92 Å². The van der Waals surface area contributed by atoms with Crippen LogP contribution in [-0.4, -0.2) is 99.4 Å². The maximum absolute atomic E-state index is 15.3. The molecular weight excluding hydrogens is 688 g/mol. The molecule has 1 aliphatic heterocycles. The predicted octanol–water partition coefficient (Wildman–Crippen LogP) is 2.81. The van der Waals surface area contributed by atoms with Crippen molar-refractivity contribution in [2.24, 2.45) is 16.7 Å². The van der Waals surface area contributed by atoms with Crippen molar-refractivity contribution in [3.05, 3.63) is 82.9 Å². The number of aliphatic hydroxyl groups is 3. The van der Waals surface area contributed by atoms with Crippen LogP contribution >= 0.6 is 0 Å². The van der Waals surface area contributed by atoms with Crippen LogP contribution in [0.25, 0.3) is 0 Å². The van der Waals surface area contributed by atoms with Gasteiger partial charge in [-0.3, -0.25) is 14.4 Å². The Labute approximate surface area is 307 Å². The third-order valence-electron chi connectivity index (χ3n) is 12.0. The van der Waals surface area contributed by atoms with Gasteiger partial charge in [0.15, 0.2) is 23.6 Å². The maximum atomic E-state index is 15.3. The first-order valence-electron chi connectivity index (χ1n) is 17.7. The van der Waals surface area contributed by atoms with E-state index in [1.807, 2.05) is 0 Å². The van der Waals surface area contributed by atoms with Crippen molar-refractivity contribution in [3.63, 3.8) is 0 Å². The molecule has 3 fully saturated rings. The zero-order chi connectivity index (χ0) is 38.7. The van der Waals surface area contributed by atoms with Crippen LogP contribution in [-0.2, 0) is 49.3 Å². The van der Waals surface area contributed by atoms with E-state index >= 15 is 4.79 Å². The number of esters is 4. The minimum atomic E-state index is -2.28. The highest BCUT2D eigenvalue weighted by Gasteiger charge is 2.78. The fourth-order valence-corrected chi connectivity index (χ4v) is 9.16. The van der Waals surface area contributed by atoms with E-state index < -0.39 is 101 Å². The van der Waals surface area contributed by atoms with Crippen LogP contribution in [0.1, 0.15) is 70.3 Å². The van der Waals surface area contributed by atoms with Crippen molar-refractivity contribution < 1.29 is 63.0 Å². The average Bonchev–Trinajstić information content (AvgIpc) is 3.10. The van der Waals surface area contributed by atoms with Gasteiger partial charge in [-0.05, 0) is 42.7 Å². The number of rotatable bonds is 8. The molecule has 6 rings (SSSR count). The molecule has 284 valence electrons. The Hall–Kier alpha value is -4.43. The lowest BCUT2D eigenvalue weighted by Crippen LogP contribution is -2.82. The summed E-state index contributed by atoms with van der Waals surface area (Å²) < 4.78 is 29.9. The maximum Gasteiger partial charge on any atom is 0.338 e. The van der Waals surface area contributed by atoms with Gasteiger partial charge in [0.25, 0.3) is 0 Å². The summed E-state index contributed by atoms with van der Waals surface area (Å²) in [5.74, 6) is -5.79. The summed E-state index contributed by atoms with van der Waals surface area (Å²) in [5, 5.41) is 36.3. The summed E-state index contributed by atoms with van der Waals surface area (Å²) in [6, 6.07) is 16.7. The van der Waals surface area contributed by atoms with Gasteiger partial charge >= 0.3 is 23.9 Å². The highest BCUT2D eigenvalue weighted by molar-refractivity contribution is 5.95. The van der Waals surface area contributed by atoms with E-state index in [9.17, 15) is 34.5 Å². The fourth-order valence-electron chi connectivity index (χ4n) is 9.16. The van der Waals surface area contributed by atoms with Gasteiger partial charge in [0.05, 0.1) is 29.6 Å². The van der Waals surface area contributed by atoms with E-state index in [-0.39, 0.29) is 36.2 Å². The molecule has 0 amide bonds. The largest absolute Gasteiger partial charge is 0.456 e. The summed E-state index contributed by atoms with van der Waals surface area (Å²) in [4.78, 5) is 68.5. The molecule has 53 heavy (non-hydrogen) atoms. The first-order chi connectivity index (χ1) is 24.9. The summed E-state index contributed by atoms with van der Waals surface area (Å²) >= 11 is 0. The summed E-state index contributed by atoms with van der Waals surface area (Å²) in [7, 11) is 0. The van der Waals surface area contributed by atoms with Crippen LogP contribution in [0.15, 0.2) is 71.8 Å². The normalized spacial score (nSPS) is 34.8. The highest BCUT2D eigenvalue weighted by atomic mass is 16.6. The van der Waals surface area contributed by atoms with E-state index in [1.54, 1.807) is 69.3 Å². The quantitative estimate of drug-likeness (QED) is 0.204. The lowest BCUT2D eigenvalue weighted by molar-refractivity contribution is -0.346. The lowest BCUT2D eigenvalue weighted by Gasteiger charge is -2.67. The molecule has 2 aromatic carbocycles. The van der Waals surface area contributed by atoms with E-state index in [2.05, 4.69) is 0 Å². The summed E-state index contributed by atoms with van der Waals surface area (Å²) in [6.45, 7) is 8.20. The molecule has 13 nitrogen and oxygen atoms in total. The van der Waals surface area contributed by atoms with Crippen LogP contribution in [0.2, 0.25) is 0 Å². The number of Topliss-reactive ketones (excluding diaryl/α,β-unsaturated/α-hetero) is 1. The van der Waals surface area contributed by atoms with Crippen molar-refractivity contribution in [3.8, 4) is 0 Å². The first-order valence-corrected chi connectivity index (χ1v) is 17.7. The van der Waals surface area contributed by atoms with Gasteiger partial charge in [-0.15, -0.1) is 0 Å². The molecule has 3 aliphatic carbocycles. The lowest BCUT2D eigenvalue weighted by atomic mass is 9.44. The van der Waals surface area contributed by atoms with Crippen LogP contribution in [0.3, 0.4) is 0 Å². The zero-order valence-electron chi connectivity index (χ0n) is 30.6. The van der Waals surface area contributed by atoms with E-state index in [1.165, 1.54) is 26.0 Å². The number of carbonyl (C=O) groups excluding carboxylic acids is 5. The van der Waals surface area contributed by atoms with Gasteiger partial charge in [-0.25, -0.2) is 9.59 Å². The molecule has 2 saturated carbocycles. The van der Waals surface area contributed by atoms with Crippen molar-refractivity contribution in [2.45, 2.75) is 109 Å². The van der Waals surface area contributed by atoms with Gasteiger partial charge in [0.1, 0.15) is 23.9 Å². The number of ketones is 1. The molecule has 1 heterocycles. The van der Waals surface area contributed by atoms with Crippen LogP contribution in [0.4, 0.5) is 0 Å².